The lowest BCUT2D eigenvalue weighted by Gasteiger charge is -2.23. The highest BCUT2D eigenvalue weighted by atomic mass is 16.6. The van der Waals surface area contributed by atoms with Gasteiger partial charge in [0.05, 0.1) is 6.10 Å². The second kappa shape index (κ2) is 2.46. The molecule has 0 heterocycles. The van der Waals surface area contributed by atoms with Gasteiger partial charge in [-0.3, -0.25) is 4.84 Å². The molecule has 2 nitrogen and oxygen atoms in total. The molecule has 0 fully saturated rings. The summed E-state index contributed by atoms with van der Waals surface area (Å²) in [6.45, 7) is 8.04. The van der Waals surface area contributed by atoms with Crippen molar-refractivity contribution in [1.82, 2.24) is 5.90 Å². The molecule has 0 amide bonds. The van der Waals surface area contributed by atoms with E-state index >= 15 is 0 Å². The molecule has 8 heavy (non-hydrogen) atoms. The molecular formula is C6H14NO. The predicted octanol–water partition coefficient (Wildman–Crippen LogP) is 1.64. The number of nitrogens with one attached hydrogen (secondary N) is 1. The maximum atomic E-state index is 6.56. The summed E-state index contributed by atoms with van der Waals surface area (Å²) in [4.78, 5) is 4.36. The van der Waals surface area contributed by atoms with Gasteiger partial charge < -0.3 is 0 Å². The first-order valence-electron chi connectivity index (χ1n) is 2.81. The standard InChI is InChI=1S/C6H14NO/c1-5(8-7)6(2,3)4/h5,7H,1-4H3. The lowest BCUT2D eigenvalue weighted by molar-refractivity contribution is -0.0186. The normalized spacial score (nSPS) is 16.1. The first-order chi connectivity index (χ1) is 3.48. The molecule has 1 atom stereocenters. The largest absolute Gasteiger partial charge is 0.282 e. The molecule has 0 aliphatic carbocycles. The molecule has 1 N–H and O–H groups in total. The molecule has 1 unspecified atom stereocenters. The smallest absolute Gasteiger partial charge is 0.0827 e. The highest BCUT2D eigenvalue weighted by Crippen LogP contribution is 2.19. The molecule has 0 saturated heterocycles. The molecule has 0 rings (SSSR count). The van der Waals surface area contributed by atoms with Crippen LogP contribution >= 0.6 is 0 Å². The van der Waals surface area contributed by atoms with Gasteiger partial charge in [-0.15, -0.1) is 5.90 Å². The molecule has 0 spiro atoms. The first-order valence-corrected chi connectivity index (χ1v) is 2.81. The van der Waals surface area contributed by atoms with Crippen LogP contribution in [-0.4, -0.2) is 6.10 Å². The maximum absolute atomic E-state index is 6.56. The lowest BCUT2D eigenvalue weighted by Crippen LogP contribution is -2.25. The Morgan fingerprint density at radius 1 is 1.38 bits per heavy atom. The Morgan fingerprint density at radius 2 is 1.75 bits per heavy atom. The van der Waals surface area contributed by atoms with E-state index in [1.807, 2.05) is 27.7 Å². The predicted molar refractivity (Wildman–Crippen MR) is 33.1 cm³/mol. The minimum absolute atomic E-state index is 0.0162. The van der Waals surface area contributed by atoms with Crippen molar-refractivity contribution in [3.63, 3.8) is 0 Å². The first kappa shape index (κ1) is 7.92. The van der Waals surface area contributed by atoms with Gasteiger partial charge in [0.1, 0.15) is 0 Å². The fraction of sp³-hybridized carbons (Fsp3) is 1.00. The van der Waals surface area contributed by atoms with Crippen LogP contribution < -0.4 is 5.90 Å². The molecule has 0 aliphatic heterocycles. The third-order valence-electron chi connectivity index (χ3n) is 1.40. The Balaban J connectivity index is 3.62. The molecular weight excluding hydrogens is 102 g/mol. The summed E-state index contributed by atoms with van der Waals surface area (Å²) >= 11 is 0. The summed E-state index contributed by atoms with van der Waals surface area (Å²) in [5, 5.41) is 0. The fourth-order valence-electron chi connectivity index (χ4n) is 0.177. The summed E-state index contributed by atoms with van der Waals surface area (Å²) in [5.74, 6) is 6.56. The van der Waals surface area contributed by atoms with Crippen LogP contribution in [0.25, 0.3) is 0 Å². The molecule has 0 aromatic rings. The third kappa shape index (κ3) is 2.28. The van der Waals surface area contributed by atoms with Gasteiger partial charge in [-0.25, -0.2) is 0 Å². The van der Waals surface area contributed by atoms with Crippen LogP contribution in [0, 0.1) is 5.41 Å². The fourth-order valence-corrected chi connectivity index (χ4v) is 0.177. The quantitative estimate of drug-likeness (QED) is 0.479. The van der Waals surface area contributed by atoms with Gasteiger partial charge in [0, 0.05) is 0 Å². The van der Waals surface area contributed by atoms with Crippen LogP contribution in [0.1, 0.15) is 27.7 Å². The van der Waals surface area contributed by atoms with Crippen LogP contribution in [0.15, 0.2) is 0 Å². The average Bonchev–Trinajstić information content (AvgIpc) is 1.62. The zero-order valence-corrected chi connectivity index (χ0v) is 5.99. The van der Waals surface area contributed by atoms with Crippen LogP contribution in [0.4, 0.5) is 0 Å². The number of hydrogen-bond donors (Lipinski definition) is 0. The highest BCUT2D eigenvalue weighted by Gasteiger charge is 2.19. The van der Waals surface area contributed by atoms with E-state index in [4.69, 9.17) is 5.90 Å². The molecule has 1 radical (unpaired) electrons. The molecule has 0 saturated carbocycles. The van der Waals surface area contributed by atoms with Crippen molar-refractivity contribution in [2.45, 2.75) is 33.8 Å². The number of rotatable bonds is 1. The molecule has 0 bridgehead atoms. The average molecular weight is 116 g/mol. The third-order valence-corrected chi connectivity index (χ3v) is 1.40. The topological polar surface area (TPSA) is 33.0 Å². The van der Waals surface area contributed by atoms with E-state index in [9.17, 15) is 0 Å². The van der Waals surface area contributed by atoms with Gasteiger partial charge in [-0.2, -0.15) is 0 Å². The van der Waals surface area contributed by atoms with E-state index in [1.165, 1.54) is 0 Å². The Kier molecular flexibility index (Phi) is 2.44. The highest BCUT2D eigenvalue weighted by molar-refractivity contribution is 4.68. The summed E-state index contributed by atoms with van der Waals surface area (Å²) in [7, 11) is 0. The van der Waals surface area contributed by atoms with E-state index in [1.54, 1.807) is 0 Å². The van der Waals surface area contributed by atoms with Gasteiger partial charge in [0.15, 0.2) is 0 Å². The second-order valence-electron chi connectivity index (χ2n) is 3.13. The van der Waals surface area contributed by atoms with Crippen molar-refractivity contribution in [3.8, 4) is 0 Å². The summed E-state index contributed by atoms with van der Waals surface area (Å²) < 4.78 is 0. The van der Waals surface area contributed by atoms with Gasteiger partial charge in [0.2, 0.25) is 0 Å². The van der Waals surface area contributed by atoms with Crippen molar-refractivity contribution in [2.75, 3.05) is 0 Å². The van der Waals surface area contributed by atoms with Gasteiger partial charge >= 0.3 is 0 Å². The summed E-state index contributed by atoms with van der Waals surface area (Å²) in [6, 6.07) is 0. The molecule has 0 aromatic carbocycles. The van der Waals surface area contributed by atoms with Crippen molar-refractivity contribution < 1.29 is 4.84 Å². The van der Waals surface area contributed by atoms with Crippen molar-refractivity contribution in [3.05, 3.63) is 0 Å². The number of hydrogen-bond acceptors (Lipinski definition) is 1. The Hall–Kier alpha value is -0.0800. The van der Waals surface area contributed by atoms with E-state index in [0.717, 1.165) is 0 Å². The van der Waals surface area contributed by atoms with E-state index in [0.29, 0.717) is 0 Å². The van der Waals surface area contributed by atoms with Gasteiger partial charge in [0.25, 0.3) is 0 Å². The Bertz CT molecular complexity index is 65.4. The monoisotopic (exact) mass is 116 g/mol. The molecule has 2 heteroatoms. The second-order valence-corrected chi connectivity index (χ2v) is 3.13. The van der Waals surface area contributed by atoms with Crippen LogP contribution in [-0.2, 0) is 4.84 Å². The van der Waals surface area contributed by atoms with Crippen molar-refractivity contribution in [1.29, 1.82) is 0 Å². The zero-order valence-electron chi connectivity index (χ0n) is 5.99. The van der Waals surface area contributed by atoms with E-state index in [2.05, 4.69) is 4.84 Å². The summed E-state index contributed by atoms with van der Waals surface area (Å²) in [6.07, 6.45) is 0.0162. The van der Waals surface area contributed by atoms with Crippen molar-refractivity contribution >= 4 is 0 Å². The van der Waals surface area contributed by atoms with Gasteiger partial charge in [-0.1, -0.05) is 20.8 Å². The molecule has 0 aliphatic rings. The van der Waals surface area contributed by atoms with Crippen LogP contribution in [0.2, 0.25) is 0 Å². The zero-order chi connectivity index (χ0) is 6.78. The minimum Gasteiger partial charge on any atom is -0.282 e. The van der Waals surface area contributed by atoms with Crippen LogP contribution in [0.5, 0.6) is 0 Å². The lowest BCUT2D eigenvalue weighted by atomic mass is 9.90. The SMILES string of the molecule is CC(O[NH])C(C)(C)C. The van der Waals surface area contributed by atoms with E-state index < -0.39 is 0 Å². The summed E-state index contributed by atoms with van der Waals surface area (Å²) in [5.41, 5.74) is 0.0990. The molecule has 0 aromatic heterocycles. The Morgan fingerprint density at radius 3 is 1.75 bits per heavy atom. The van der Waals surface area contributed by atoms with Crippen molar-refractivity contribution in [2.24, 2.45) is 5.41 Å². The Labute approximate surface area is 51.0 Å². The van der Waals surface area contributed by atoms with Gasteiger partial charge in [-0.05, 0) is 12.3 Å². The maximum Gasteiger partial charge on any atom is 0.0827 e. The van der Waals surface area contributed by atoms with E-state index in [-0.39, 0.29) is 11.5 Å². The molecule has 49 valence electrons. The minimum atomic E-state index is 0.0162. The van der Waals surface area contributed by atoms with Crippen LogP contribution in [0.3, 0.4) is 0 Å².